The smallest absolute Gasteiger partial charge is 0.235 e. The summed E-state index contributed by atoms with van der Waals surface area (Å²) in [7, 11) is 0. The molecule has 0 saturated carbocycles. The Morgan fingerprint density at radius 2 is 0.896 bits per heavy atom. The van der Waals surface area contributed by atoms with Crippen LogP contribution in [-0.2, 0) is 0 Å². The second-order valence-corrected chi connectivity index (χ2v) is 12.2. The molecule has 10 rings (SSSR count). The van der Waals surface area contributed by atoms with Crippen LogP contribution >= 0.6 is 0 Å². The summed E-state index contributed by atoms with van der Waals surface area (Å²) < 4.78 is 4.63. The van der Waals surface area contributed by atoms with Gasteiger partial charge in [-0.25, -0.2) is 9.97 Å². The van der Waals surface area contributed by atoms with Crippen molar-refractivity contribution < 1.29 is 0 Å². The highest BCUT2D eigenvalue weighted by molar-refractivity contribution is 6.28. The Labute approximate surface area is 276 Å². The number of nitrogens with zero attached hydrogens (tertiary/aromatic N) is 4. The van der Waals surface area contributed by atoms with E-state index in [-0.39, 0.29) is 0 Å². The van der Waals surface area contributed by atoms with E-state index < -0.39 is 0 Å². The van der Waals surface area contributed by atoms with Gasteiger partial charge in [-0.3, -0.25) is 4.57 Å². The third-order valence-electron chi connectivity index (χ3n) is 9.53. The number of fused-ring (bicyclic) bond motifs is 8. The minimum Gasteiger partial charge on any atom is -0.309 e. The molecule has 3 heterocycles. The predicted molar refractivity (Wildman–Crippen MR) is 199 cm³/mol. The number of aromatic nitrogens is 4. The molecule has 0 aliphatic carbocycles. The second kappa shape index (κ2) is 10.5. The summed E-state index contributed by atoms with van der Waals surface area (Å²) in [4.78, 5) is 10.7. The Hall–Kier alpha value is -6.52. The fourth-order valence-corrected chi connectivity index (χ4v) is 7.43. The van der Waals surface area contributed by atoms with Crippen molar-refractivity contribution >= 4 is 54.5 Å². The molecule has 0 N–H and O–H groups in total. The Morgan fingerprint density at radius 1 is 0.354 bits per heavy atom. The molecule has 0 bridgehead atoms. The lowest BCUT2D eigenvalue weighted by atomic mass is 10.0. The molecular weight excluding hydrogens is 585 g/mol. The summed E-state index contributed by atoms with van der Waals surface area (Å²) in [5.41, 5.74) is 10.8. The molecule has 0 fully saturated rings. The topological polar surface area (TPSA) is 35.6 Å². The van der Waals surface area contributed by atoms with E-state index in [1.807, 2.05) is 6.07 Å². The van der Waals surface area contributed by atoms with Gasteiger partial charge in [0.05, 0.1) is 33.3 Å². The van der Waals surface area contributed by atoms with Gasteiger partial charge in [0.2, 0.25) is 5.95 Å². The molecule has 0 aliphatic heterocycles. The van der Waals surface area contributed by atoms with Gasteiger partial charge in [0, 0.05) is 38.2 Å². The molecule has 3 aromatic heterocycles. The number of hydrogen-bond donors (Lipinski definition) is 0. The van der Waals surface area contributed by atoms with Crippen LogP contribution in [0.25, 0.3) is 88.5 Å². The average molecular weight is 613 g/mol. The summed E-state index contributed by atoms with van der Waals surface area (Å²) in [6.45, 7) is 0. The number of para-hydroxylation sites is 3. The predicted octanol–water partition coefficient (Wildman–Crippen LogP) is 11.2. The molecule has 4 heteroatoms. The van der Waals surface area contributed by atoms with Crippen molar-refractivity contribution in [3.63, 3.8) is 0 Å². The van der Waals surface area contributed by atoms with Crippen LogP contribution in [0.5, 0.6) is 0 Å². The van der Waals surface area contributed by atoms with Crippen molar-refractivity contribution in [1.82, 2.24) is 19.1 Å². The first-order chi connectivity index (χ1) is 23.8. The summed E-state index contributed by atoms with van der Waals surface area (Å²) >= 11 is 0. The van der Waals surface area contributed by atoms with Gasteiger partial charge >= 0.3 is 0 Å². The Bertz CT molecular complexity index is 2810. The average Bonchev–Trinajstić information content (AvgIpc) is 3.68. The SMILES string of the molecule is c1ccc(-c2ccc3c(-c4ccccc4)nc(-n4c5ccccc5c5c6c7ccccc7n(-c7ccccc7)c6ccc54)nc3c2)cc1. The highest BCUT2D eigenvalue weighted by Gasteiger charge is 2.22. The summed E-state index contributed by atoms with van der Waals surface area (Å²) in [5.74, 6) is 0.656. The van der Waals surface area contributed by atoms with Crippen molar-refractivity contribution in [3.05, 3.63) is 170 Å². The van der Waals surface area contributed by atoms with Crippen molar-refractivity contribution in [3.8, 4) is 34.0 Å². The largest absolute Gasteiger partial charge is 0.309 e. The Morgan fingerprint density at radius 3 is 1.56 bits per heavy atom. The molecule has 0 amide bonds. The van der Waals surface area contributed by atoms with E-state index >= 15 is 0 Å². The van der Waals surface area contributed by atoms with Crippen molar-refractivity contribution in [2.24, 2.45) is 0 Å². The van der Waals surface area contributed by atoms with Crippen LogP contribution in [0.3, 0.4) is 0 Å². The van der Waals surface area contributed by atoms with Gasteiger partial charge in [-0.1, -0.05) is 121 Å². The lowest BCUT2D eigenvalue weighted by Gasteiger charge is -2.13. The zero-order chi connectivity index (χ0) is 31.6. The van der Waals surface area contributed by atoms with Gasteiger partial charge in [0.25, 0.3) is 0 Å². The highest BCUT2D eigenvalue weighted by atomic mass is 15.2. The van der Waals surface area contributed by atoms with Crippen molar-refractivity contribution in [2.45, 2.75) is 0 Å². The standard InChI is InChI=1S/C44H28N4/c1-4-14-29(15-5-1)31-24-25-33-36(28-31)45-44(46-43(33)30-16-6-2-7-17-30)48-38-23-13-11-21-35(38)42-40(48)27-26-39-41(42)34-20-10-12-22-37(34)47(39)32-18-8-3-9-19-32/h1-28H. The molecule has 4 nitrogen and oxygen atoms in total. The third kappa shape index (κ3) is 3.96. The van der Waals surface area contributed by atoms with E-state index in [2.05, 4.69) is 173 Å². The number of hydrogen-bond acceptors (Lipinski definition) is 2. The van der Waals surface area contributed by atoms with Crippen LogP contribution in [0, 0.1) is 0 Å². The van der Waals surface area contributed by atoms with Gasteiger partial charge < -0.3 is 4.57 Å². The van der Waals surface area contributed by atoms with E-state index in [1.54, 1.807) is 0 Å². The zero-order valence-corrected chi connectivity index (χ0v) is 26.0. The molecule has 0 aliphatic rings. The summed E-state index contributed by atoms with van der Waals surface area (Å²) in [6, 6.07) is 60.0. The van der Waals surface area contributed by atoms with E-state index in [1.165, 1.54) is 32.6 Å². The molecule has 48 heavy (non-hydrogen) atoms. The van der Waals surface area contributed by atoms with Gasteiger partial charge in [-0.15, -0.1) is 0 Å². The van der Waals surface area contributed by atoms with Crippen LogP contribution in [0.15, 0.2) is 170 Å². The maximum absolute atomic E-state index is 5.36. The van der Waals surface area contributed by atoms with Gasteiger partial charge in [-0.2, -0.15) is 0 Å². The van der Waals surface area contributed by atoms with E-state index in [4.69, 9.17) is 9.97 Å². The minimum atomic E-state index is 0.656. The van der Waals surface area contributed by atoms with Gasteiger partial charge in [0.15, 0.2) is 0 Å². The van der Waals surface area contributed by atoms with Crippen LogP contribution < -0.4 is 0 Å². The fraction of sp³-hybridized carbons (Fsp3) is 0. The molecule has 224 valence electrons. The van der Waals surface area contributed by atoms with Crippen LogP contribution in [0.1, 0.15) is 0 Å². The van der Waals surface area contributed by atoms with Crippen LogP contribution in [0.4, 0.5) is 0 Å². The van der Waals surface area contributed by atoms with Gasteiger partial charge in [-0.05, 0) is 59.7 Å². The zero-order valence-electron chi connectivity index (χ0n) is 26.0. The maximum Gasteiger partial charge on any atom is 0.235 e. The van der Waals surface area contributed by atoms with E-state index in [0.717, 1.165) is 50.0 Å². The summed E-state index contributed by atoms with van der Waals surface area (Å²) in [6.07, 6.45) is 0. The molecular formula is C44H28N4. The van der Waals surface area contributed by atoms with Crippen LogP contribution in [0.2, 0.25) is 0 Å². The van der Waals surface area contributed by atoms with Crippen LogP contribution in [-0.4, -0.2) is 19.1 Å². The summed E-state index contributed by atoms with van der Waals surface area (Å²) in [5, 5.41) is 5.87. The highest BCUT2D eigenvalue weighted by Crippen LogP contribution is 2.42. The normalized spacial score (nSPS) is 11.8. The molecule has 0 spiro atoms. The molecule has 0 saturated heterocycles. The quantitative estimate of drug-likeness (QED) is 0.198. The van der Waals surface area contributed by atoms with E-state index in [0.29, 0.717) is 5.95 Å². The molecule has 0 unspecified atom stereocenters. The number of rotatable bonds is 4. The first-order valence-electron chi connectivity index (χ1n) is 16.3. The molecule has 0 atom stereocenters. The van der Waals surface area contributed by atoms with E-state index in [9.17, 15) is 0 Å². The molecule has 10 aromatic rings. The second-order valence-electron chi connectivity index (χ2n) is 12.2. The molecule has 7 aromatic carbocycles. The molecule has 0 radical (unpaired) electrons. The third-order valence-corrected chi connectivity index (χ3v) is 9.53. The first-order valence-corrected chi connectivity index (χ1v) is 16.3. The van der Waals surface area contributed by atoms with Gasteiger partial charge in [0.1, 0.15) is 0 Å². The monoisotopic (exact) mass is 612 g/mol. The lowest BCUT2D eigenvalue weighted by molar-refractivity contribution is 1.01. The Balaban J connectivity index is 1.32. The van der Waals surface area contributed by atoms with Crippen molar-refractivity contribution in [1.29, 1.82) is 0 Å². The number of benzene rings is 7. The fourth-order valence-electron chi connectivity index (χ4n) is 7.43. The van der Waals surface area contributed by atoms with Crippen molar-refractivity contribution in [2.75, 3.05) is 0 Å². The minimum absolute atomic E-state index is 0.656. The Kier molecular flexibility index (Phi) is 5.84. The lowest BCUT2D eigenvalue weighted by Crippen LogP contribution is -2.03. The first kappa shape index (κ1) is 26.7. The maximum atomic E-state index is 5.36.